The van der Waals surface area contributed by atoms with Crippen LogP contribution < -0.4 is 0 Å². The SMILES string of the molecule is c1ccc(-c2cc(-c3ccccc3)nc(-c3ccc(-c4ccc(-c5ccc6c(c5)-c5ccccc5C65c6ccccc6-c6ccccc65)cc4)cc3)n2)cc1. The van der Waals surface area contributed by atoms with Crippen LogP contribution in [0.5, 0.6) is 0 Å². The summed E-state index contributed by atoms with van der Waals surface area (Å²) in [5.41, 5.74) is 20.1. The summed E-state index contributed by atoms with van der Waals surface area (Å²) in [5, 5.41) is 0. The molecular formula is C53H34N2. The molecule has 9 aromatic rings. The third-order valence-corrected chi connectivity index (χ3v) is 11.6. The fraction of sp³-hybridized carbons (Fsp3) is 0.0189. The Bertz CT molecular complexity index is 2790. The molecule has 2 heteroatoms. The first-order valence-corrected chi connectivity index (χ1v) is 18.9. The Hall–Kier alpha value is -7.16. The Morgan fingerprint density at radius 1 is 0.255 bits per heavy atom. The lowest BCUT2D eigenvalue weighted by Gasteiger charge is -2.30. The molecule has 0 atom stereocenters. The predicted molar refractivity (Wildman–Crippen MR) is 226 cm³/mol. The highest BCUT2D eigenvalue weighted by atomic mass is 14.9. The lowest BCUT2D eigenvalue weighted by Crippen LogP contribution is -2.25. The molecule has 0 unspecified atom stereocenters. The molecule has 2 aliphatic carbocycles. The van der Waals surface area contributed by atoms with Gasteiger partial charge in [-0.1, -0.05) is 194 Å². The molecule has 256 valence electrons. The van der Waals surface area contributed by atoms with Crippen molar-refractivity contribution in [3.63, 3.8) is 0 Å². The molecule has 8 aromatic carbocycles. The zero-order valence-electron chi connectivity index (χ0n) is 30.0. The van der Waals surface area contributed by atoms with Gasteiger partial charge in [0.2, 0.25) is 0 Å². The van der Waals surface area contributed by atoms with Crippen molar-refractivity contribution in [1.82, 2.24) is 9.97 Å². The first-order chi connectivity index (χ1) is 27.3. The minimum Gasteiger partial charge on any atom is -0.228 e. The Labute approximate surface area is 321 Å². The highest BCUT2D eigenvalue weighted by molar-refractivity contribution is 5.96. The molecule has 11 rings (SSSR count). The number of nitrogens with zero attached hydrogens (tertiary/aromatic N) is 2. The molecular weight excluding hydrogens is 665 g/mol. The quantitative estimate of drug-likeness (QED) is 0.179. The summed E-state index contributed by atoms with van der Waals surface area (Å²) in [6.07, 6.45) is 0. The monoisotopic (exact) mass is 698 g/mol. The maximum Gasteiger partial charge on any atom is 0.160 e. The molecule has 0 amide bonds. The number of rotatable bonds is 5. The van der Waals surface area contributed by atoms with Crippen molar-refractivity contribution in [2.24, 2.45) is 0 Å². The molecule has 0 radical (unpaired) electrons. The third-order valence-electron chi connectivity index (χ3n) is 11.6. The molecule has 0 fully saturated rings. The van der Waals surface area contributed by atoms with E-state index in [0.717, 1.165) is 33.6 Å². The minimum atomic E-state index is -0.315. The van der Waals surface area contributed by atoms with Crippen LogP contribution in [0.1, 0.15) is 22.3 Å². The van der Waals surface area contributed by atoms with Crippen LogP contribution in [-0.4, -0.2) is 9.97 Å². The number of fused-ring (bicyclic) bond motifs is 10. The minimum absolute atomic E-state index is 0.315. The van der Waals surface area contributed by atoms with E-state index in [1.165, 1.54) is 61.2 Å². The summed E-state index contributed by atoms with van der Waals surface area (Å²) in [6.45, 7) is 0. The van der Waals surface area contributed by atoms with Gasteiger partial charge < -0.3 is 0 Å². The zero-order valence-corrected chi connectivity index (χ0v) is 30.0. The normalized spacial score (nSPS) is 12.9. The molecule has 2 aliphatic rings. The predicted octanol–water partition coefficient (Wildman–Crippen LogP) is 13.2. The molecule has 55 heavy (non-hydrogen) atoms. The van der Waals surface area contributed by atoms with Crippen molar-refractivity contribution in [2.75, 3.05) is 0 Å². The molecule has 1 aromatic heterocycles. The van der Waals surface area contributed by atoms with Crippen LogP contribution in [0, 0.1) is 0 Å². The van der Waals surface area contributed by atoms with E-state index in [0.29, 0.717) is 5.82 Å². The molecule has 0 saturated carbocycles. The Balaban J connectivity index is 0.932. The fourth-order valence-corrected chi connectivity index (χ4v) is 9.04. The van der Waals surface area contributed by atoms with E-state index in [-0.39, 0.29) is 5.41 Å². The summed E-state index contributed by atoms with van der Waals surface area (Å²) in [4.78, 5) is 10.0. The maximum atomic E-state index is 5.02. The molecule has 1 heterocycles. The molecule has 0 N–H and O–H groups in total. The van der Waals surface area contributed by atoms with Crippen LogP contribution in [0.25, 0.3) is 78.4 Å². The summed E-state index contributed by atoms with van der Waals surface area (Å²) < 4.78 is 0. The molecule has 0 saturated heterocycles. The number of hydrogen-bond acceptors (Lipinski definition) is 2. The van der Waals surface area contributed by atoms with Gasteiger partial charge in [-0.25, -0.2) is 9.97 Å². The smallest absolute Gasteiger partial charge is 0.160 e. The van der Waals surface area contributed by atoms with E-state index < -0.39 is 0 Å². The van der Waals surface area contributed by atoms with E-state index in [1.54, 1.807) is 0 Å². The third kappa shape index (κ3) is 4.89. The van der Waals surface area contributed by atoms with Gasteiger partial charge in [-0.05, 0) is 78.9 Å². The van der Waals surface area contributed by atoms with Crippen molar-refractivity contribution in [2.45, 2.75) is 5.41 Å². The first kappa shape index (κ1) is 31.4. The van der Waals surface area contributed by atoms with Gasteiger partial charge in [0.1, 0.15) is 0 Å². The van der Waals surface area contributed by atoms with Gasteiger partial charge in [0.15, 0.2) is 5.82 Å². The lowest BCUT2D eigenvalue weighted by atomic mass is 9.70. The van der Waals surface area contributed by atoms with Crippen molar-refractivity contribution in [3.8, 4) is 78.4 Å². The zero-order chi connectivity index (χ0) is 36.3. The standard InChI is InChI=1S/C53H34N2/c1-3-13-38(14-4-1)50-34-51(39-15-5-2-6-16-39)55-52(54-50)40-29-27-36(28-30-40)35-23-25-37(26-24-35)41-31-32-49-45(33-41)44-19-9-12-22-48(44)53(49)46-20-10-7-17-42(46)43-18-8-11-21-47(43)53/h1-34H. The second-order valence-electron chi connectivity index (χ2n) is 14.5. The highest BCUT2D eigenvalue weighted by Crippen LogP contribution is 2.62. The van der Waals surface area contributed by atoms with Crippen LogP contribution in [-0.2, 0) is 5.41 Å². The largest absolute Gasteiger partial charge is 0.228 e. The van der Waals surface area contributed by atoms with Crippen molar-refractivity contribution >= 4 is 0 Å². The van der Waals surface area contributed by atoms with Crippen LogP contribution in [0.3, 0.4) is 0 Å². The maximum absolute atomic E-state index is 5.02. The average molecular weight is 699 g/mol. The van der Waals surface area contributed by atoms with Gasteiger partial charge in [0, 0.05) is 16.7 Å². The summed E-state index contributed by atoms with van der Waals surface area (Å²) in [6, 6.07) is 74.4. The molecule has 0 aliphatic heterocycles. The summed E-state index contributed by atoms with van der Waals surface area (Å²) in [5.74, 6) is 0.714. The van der Waals surface area contributed by atoms with Crippen LogP contribution >= 0.6 is 0 Å². The van der Waals surface area contributed by atoms with Gasteiger partial charge in [0.25, 0.3) is 0 Å². The Morgan fingerprint density at radius 2 is 0.618 bits per heavy atom. The van der Waals surface area contributed by atoms with E-state index in [9.17, 15) is 0 Å². The van der Waals surface area contributed by atoms with Crippen LogP contribution in [0.2, 0.25) is 0 Å². The van der Waals surface area contributed by atoms with E-state index in [2.05, 4.69) is 170 Å². The topological polar surface area (TPSA) is 25.8 Å². The number of benzene rings is 8. The Kier molecular flexibility index (Phi) is 7.11. The fourth-order valence-electron chi connectivity index (χ4n) is 9.04. The lowest BCUT2D eigenvalue weighted by molar-refractivity contribution is 0.794. The molecule has 2 nitrogen and oxygen atoms in total. The summed E-state index contributed by atoms with van der Waals surface area (Å²) >= 11 is 0. The van der Waals surface area contributed by atoms with Gasteiger partial charge in [-0.3, -0.25) is 0 Å². The van der Waals surface area contributed by atoms with E-state index in [1.807, 2.05) is 36.4 Å². The van der Waals surface area contributed by atoms with Crippen LogP contribution in [0.4, 0.5) is 0 Å². The second kappa shape index (κ2) is 12.5. The first-order valence-electron chi connectivity index (χ1n) is 18.9. The van der Waals surface area contributed by atoms with Crippen molar-refractivity contribution in [3.05, 3.63) is 229 Å². The highest BCUT2D eigenvalue weighted by Gasteiger charge is 2.51. The van der Waals surface area contributed by atoms with Gasteiger partial charge in [-0.15, -0.1) is 0 Å². The van der Waals surface area contributed by atoms with E-state index in [4.69, 9.17) is 9.97 Å². The summed E-state index contributed by atoms with van der Waals surface area (Å²) in [7, 11) is 0. The van der Waals surface area contributed by atoms with Gasteiger partial charge >= 0.3 is 0 Å². The van der Waals surface area contributed by atoms with Gasteiger partial charge in [-0.2, -0.15) is 0 Å². The van der Waals surface area contributed by atoms with Crippen molar-refractivity contribution < 1.29 is 0 Å². The Morgan fingerprint density at radius 3 is 1.11 bits per heavy atom. The second-order valence-corrected chi connectivity index (χ2v) is 14.5. The average Bonchev–Trinajstić information content (AvgIpc) is 3.74. The van der Waals surface area contributed by atoms with E-state index >= 15 is 0 Å². The van der Waals surface area contributed by atoms with Crippen LogP contribution in [0.15, 0.2) is 206 Å². The number of hydrogen-bond donors (Lipinski definition) is 0. The van der Waals surface area contributed by atoms with Crippen molar-refractivity contribution in [1.29, 1.82) is 0 Å². The molecule has 1 spiro atoms. The number of aromatic nitrogens is 2. The van der Waals surface area contributed by atoms with Gasteiger partial charge in [0.05, 0.1) is 16.8 Å². The molecule has 0 bridgehead atoms.